The molecular formula is C18H15ClN4OS. The lowest BCUT2D eigenvalue weighted by atomic mass is 10.2. The lowest BCUT2D eigenvalue weighted by Crippen LogP contribution is -2.31. The molecule has 2 heterocycles. The maximum absolute atomic E-state index is 5.89. The lowest BCUT2D eigenvalue weighted by Gasteiger charge is -2.06. The third kappa shape index (κ3) is 5.14. The van der Waals surface area contributed by atoms with Crippen molar-refractivity contribution in [2.45, 2.75) is 6.54 Å². The van der Waals surface area contributed by atoms with E-state index in [2.05, 4.69) is 20.8 Å². The van der Waals surface area contributed by atoms with Crippen LogP contribution in [0.5, 0.6) is 0 Å². The Morgan fingerprint density at radius 1 is 1.20 bits per heavy atom. The summed E-state index contributed by atoms with van der Waals surface area (Å²) in [6, 6.07) is 15.0. The monoisotopic (exact) mass is 370 g/mol. The molecule has 0 atom stereocenters. The molecule has 5 nitrogen and oxygen atoms in total. The predicted molar refractivity (Wildman–Crippen MR) is 104 cm³/mol. The number of hydrazone groups is 1. The van der Waals surface area contributed by atoms with E-state index in [9.17, 15) is 0 Å². The first kappa shape index (κ1) is 17.1. The van der Waals surface area contributed by atoms with E-state index in [0.29, 0.717) is 22.4 Å². The van der Waals surface area contributed by atoms with E-state index in [0.717, 1.165) is 16.9 Å². The van der Waals surface area contributed by atoms with Gasteiger partial charge in [-0.3, -0.25) is 10.4 Å². The highest BCUT2D eigenvalue weighted by molar-refractivity contribution is 7.80. The smallest absolute Gasteiger partial charge is 0.187 e. The average molecular weight is 371 g/mol. The fraction of sp³-hybridized carbons (Fsp3) is 0.0556. The first-order valence-corrected chi connectivity index (χ1v) is 8.31. The number of aromatic nitrogens is 1. The Bertz CT molecular complexity index is 862. The van der Waals surface area contributed by atoms with Crippen LogP contribution in [0.25, 0.3) is 11.3 Å². The van der Waals surface area contributed by atoms with Gasteiger partial charge in [-0.15, -0.1) is 0 Å². The zero-order valence-corrected chi connectivity index (χ0v) is 14.7. The molecule has 3 rings (SSSR count). The molecule has 0 fully saturated rings. The molecule has 25 heavy (non-hydrogen) atoms. The van der Waals surface area contributed by atoms with E-state index in [1.54, 1.807) is 18.6 Å². The van der Waals surface area contributed by atoms with Gasteiger partial charge in [-0.25, -0.2) is 0 Å². The van der Waals surface area contributed by atoms with Crippen molar-refractivity contribution in [2.75, 3.05) is 0 Å². The van der Waals surface area contributed by atoms with Gasteiger partial charge in [0.25, 0.3) is 0 Å². The molecular weight excluding hydrogens is 356 g/mol. The summed E-state index contributed by atoms with van der Waals surface area (Å²) < 4.78 is 5.72. The van der Waals surface area contributed by atoms with Crippen molar-refractivity contribution < 1.29 is 4.42 Å². The Kier molecular flexibility index (Phi) is 5.77. The minimum atomic E-state index is 0.421. The standard InChI is InChI=1S/C18H15ClN4OS/c19-15-5-3-14(4-6-15)17-8-7-16(24-17)12-22-23-18(25)21-11-13-2-1-9-20-10-13/h1-10,12H,11H2,(H2,21,23,25)/b22-12+. The molecule has 0 aliphatic heterocycles. The third-order valence-corrected chi connectivity index (χ3v) is 3.78. The van der Waals surface area contributed by atoms with Crippen LogP contribution >= 0.6 is 23.8 Å². The van der Waals surface area contributed by atoms with Gasteiger partial charge < -0.3 is 9.73 Å². The second-order valence-electron chi connectivity index (χ2n) is 5.12. The predicted octanol–water partition coefficient (Wildman–Crippen LogP) is 3.99. The summed E-state index contributed by atoms with van der Waals surface area (Å²) >= 11 is 11.0. The number of thiocarbonyl (C=S) groups is 1. The molecule has 0 saturated carbocycles. The fourth-order valence-corrected chi connectivity index (χ4v) is 2.32. The van der Waals surface area contributed by atoms with E-state index < -0.39 is 0 Å². The topological polar surface area (TPSA) is 62.5 Å². The van der Waals surface area contributed by atoms with Crippen LogP contribution in [0.3, 0.4) is 0 Å². The van der Waals surface area contributed by atoms with Crippen molar-refractivity contribution in [1.82, 2.24) is 15.7 Å². The van der Waals surface area contributed by atoms with Gasteiger partial charge in [0.05, 0.1) is 6.21 Å². The molecule has 1 aromatic carbocycles. The van der Waals surface area contributed by atoms with Gasteiger partial charge in [0.1, 0.15) is 11.5 Å². The molecule has 2 aromatic heterocycles. The van der Waals surface area contributed by atoms with Crippen LogP contribution in [0.2, 0.25) is 5.02 Å². The number of rotatable bonds is 5. The summed E-state index contributed by atoms with van der Waals surface area (Å²) in [4.78, 5) is 4.04. The Balaban J connectivity index is 1.50. The molecule has 0 unspecified atom stereocenters. The second kappa shape index (κ2) is 8.41. The summed E-state index contributed by atoms with van der Waals surface area (Å²) in [5.41, 5.74) is 4.74. The summed E-state index contributed by atoms with van der Waals surface area (Å²) in [5.74, 6) is 1.36. The van der Waals surface area contributed by atoms with Gasteiger partial charge in [0.2, 0.25) is 0 Å². The molecule has 0 amide bonds. The van der Waals surface area contributed by atoms with Gasteiger partial charge >= 0.3 is 0 Å². The van der Waals surface area contributed by atoms with Crippen molar-refractivity contribution in [3.63, 3.8) is 0 Å². The highest BCUT2D eigenvalue weighted by atomic mass is 35.5. The van der Waals surface area contributed by atoms with E-state index in [-0.39, 0.29) is 0 Å². The minimum Gasteiger partial charge on any atom is -0.455 e. The van der Waals surface area contributed by atoms with Crippen LogP contribution in [0, 0.1) is 0 Å². The normalized spacial score (nSPS) is 10.8. The zero-order valence-electron chi connectivity index (χ0n) is 13.1. The largest absolute Gasteiger partial charge is 0.455 e. The molecule has 3 aromatic rings. The molecule has 0 aliphatic carbocycles. The molecule has 126 valence electrons. The van der Waals surface area contributed by atoms with Crippen LogP contribution < -0.4 is 10.7 Å². The van der Waals surface area contributed by atoms with Crippen molar-refractivity contribution in [2.24, 2.45) is 5.10 Å². The van der Waals surface area contributed by atoms with Crippen LogP contribution in [0.4, 0.5) is 0 Å². The van der Waals surface area contributed by atoms with Gasteiger partial charge in [-0.1, -0.05) is 17.7 Å². The summed E-state index contributed by atoms with van der Waals surface area (Å²) in [7, 11) is 0. The molecule has 0 spiro atoms. The molecule has 0 bridgehead atoms. The molecule has 0 saturated heterocycles. The number of nitrogens with one attached hydrogen (secondary N) is 2. The van der Waals surface area contributed by atoms with Gasteiger partial charge in [-0.05, 0) is 60.2 Å². The first-order valence-electron chi connectivity index (χ1n) is 7.52. The van der Waals surface area contributed by atoms with Gasteiger partial charge in [0.15, 0.2) is 5.11 Å². The Morgan fingerprint density at radius 3 is 2.80 bits per heavy atom. The molecule has 0 radical (unpaired) electrons. The van der Waals surface area contributed by atoms with Gasteiger partial charge in [-0.2, -0.15) is 5.10 Å². The summed E-state index contributed by atoms with van der Waals surface area (Å²) in [6.45, 7) is 0.580. The highest BCUT2D eigenvalue weighted by Crippen LogP contribution is 2.23. The second-order valence-corrected chi connectivity index (χ2v) is 5.97. The van der Waals surface area contributed by atoms with Crippen molar-refractivity contribution >= 4 is 35.1 Å². The number of benzene rings is 1. The molecule has 7 heteroatoms. The van der Waals surface area contributed by atoms with Crippen LogP contribution in [0.15, 0.2) is 70.4 Å². The summed E-state index contributed by atoms with van der Waals surface area (Å²) in [5, 5.41) is 8.22. The number of nitrogens with zero attached hydrogens (tertiary/aromatic N) is 2. The maximum atomic E-state index is 5.89. The quantitative estimate of drug-likeness (QED) is 0.404. The van der Waals surface area contributed by atoms with E-state index in [4.69, 9.17) is 28.2 Å². The van der Waals surface area contributed by atoms with E-state index in [1.165, 1.54) is 0 Å². The average Bonchev–Trinajstić information content (AvgIpc) is 3.10. The van der Waals surface area contributed by atoms with Crippen LogP contribution in [-0.2, 0) is 6.54 Å². The first-order chi connectivity index (χ1) is 12.2. The minimum absolute atomic E-state index is 0.421. The summed E-state index contributed by atoms with van der Waals surface area (Å²) in [6.07, 6.45) is 5.07. The highest BCUT2D eigenvalue weighted by Gasteiger charge is 2.03. The Morgan fingerprint density at radius 2 is 2.04 bits per heavy atom. The molecule has 0 aliphatic rings. The SMILES string of the molecule is S=C(NCc1cccnc1)N/N=C/c1ccc(-c2ccc(Cl)cc2)o1. The van der Waals surface area contributed by atoms with Crippen molar-refractivity contribution in [3.8, 4) is 11.3 Å². The Labute approximate surface area is 155 Å². The van der Waals surface area contributed by atoms with E-state index in [1.807, 2.05) is 48.5 Å². The molecule has 2 N–H and O–H groups in total. The number of hydrogen-bond acceptors (Lipinski definition) is 4. The Hall–Kier alpha value is -2.70. The number of hydrogen-bond donors (Lipinski definition) is 2. The zero-order chi connectivity index (χ0) is 17.5. The van der Waals surface area contributed by atoms with Crippen molar-refractivity contribution in [1.29, 1.82) is 0 Å². The van der Waals surface area contributed by atoms with Crippen LogP contribution in [-0.4, -0.2) is 16.3 Å². The van der Waals surface area contributed by atoms with Gasteiger partial charge in [0, 0.05) is 29.5 Å². The van der Waals surface area contributed by atoms with E-state index >= 15 is 0 Å². The lowest BCUT2D eigenvalue weighted by molar-refractivity contribution is 0.574. The maximum Gasteiger partial charge on any atom is 0.187 e. The van der Waals surface area contributed by atoms with Crippen LogP contribution in [0.1, 0.15) is 11.3 Å². The fourth-order valence-electron chi connectivity index (χ4n) is 2.07. The number of furan rings is 1. The van der Waals surface area contributed by atoms with Crippen molar-refractivity contribution in [3.05, 3.63) is 77.3 Å². The number of halogens is 1. The number of pyridine rings is 1. The third-order valence-electron chi connectivity index (χ3n) is 3.29.